The number of rotatable bonds is 5. The van der Waals surface area contributed by atoms with Crippen LogP contribution in [0.25, 0.3) is 26.2 Å². The van der Waals surface area contributed by atoms with Crippen molar-refractivity contribution < 1.29 is 4.74 Å². The molecule has 0 atom stereocenters. The molecule has 0 amide bonds. The van der Waals surface area contributed by atoms with Crippen molar-refractivity contribution in [2.24, 2.45) is 0 Å². The third-order valence-electron chi connectivity index (χ3n) is 3.18. The molecule has 0 aliphatic rings. The van der Waals surface area contributed by atoms with Gasteiger partial charge in [-0.3, -0.25) is 0 Å². The maximum Gasteiger partial charge on any atom is 0.235 e. The van der Waals surface area contributed by atoms with E-state index in [0.717, 1.165) is 32.0 Å². The van der Waals surface area contributed by atoms with Crippen molar-refractivity contribution in [3.63, 3.8) is 0 Å². The molecule has 0 N–H and O–H groups in total. The van der Waals surface area contributed by atoms with Crippen molar-refractivity contribution in [3.8, 4) is 27.0 Å². The maximum atomic E-state index is 5.58. The summed E-state index contributed by atoms with van der Waals surface area (Å²) in [5, 5.41) is 16.0. The molecule has 0 radical (unpaired) electrons. The van der Waals surface area contributed by atoms with Gasteiger partial charge in [0, 0.05) is 5.56 Å². The third-order valence-corrected chi connectivity index (χ3v) is 4.99. The monoisotopic (exact) mass is 340 g/mol. The zero-order chi connectivity index (χ0) is 15.6. The van der Waals surface area contributed by atoms with Gasteiger partial charge >= 0.3 is 0 Å². The molecule has 4 rings (SSSR count). The minimum Gasteiger partial charge on any atom is -0.490 e. The highest BCUT2D eigenvalue weighted by atomic mass is 32.1. The first kappa shape index (κ1) is 14.1. The Labute approximate surface area is 140 Å². The second-order valence-electron chi connectivity index (χ2n) is 4.73. The molecule has 7 heteroatoms. The van der Waals surface area contributed by atoms with Gasteiger partial charge in [-0.1, -0.05) is 42.2 Å². The zero-order valence-electron chi connectivity index (χ0n) is 12.0. The summed E-state index contributed by atoms with van der Waals surface area (Å²) in [6.45, 7) is 4.14. The number of benzene rings is 1. The summed E-state index contributed by atoms with van der Waals surface area (Å²) < 4.78 is 7.38. The van der Waals surface area contributed by atoms with Gasteiger partial charge in [-0.05, 0) is 23.6 Å². The molecule has 114 valence electrons. The lowest BCUT2D eigenvalue weighted by molar-refractivity contribution is 0.363. The van der Waals surface area contributed by atoms with Gasteiger partial charge in [-0.25, -0.2) is 0 Å². The van der Waals surface area contributed by atoms with Crippen LogP contribution >= 0.6 is 22.7 Å². The van der Waals surface area contributed by atoms with E-state index >= 15 is 0 Å². The van der Waals surface area contributed by atoms with E-state index in [1.807, 2.05) is 41.8 Å². The van der Waals surface area contributed by atoms with Crippen LogP contribution in [0.2, 0.25) is 0 Å². The first-order valence-electron chi connectivity index (χ1n) is 6.95. The van der Waals surface area contributed by atoms with Crippen LogP contribution in [0.4, 0.5) is 0 Å². The molecule has 0 unspecified atom stereocenters. The van der Waals surface area contributed by atoms with Gasteiger partial charge in [0.25, 0.3) is 0 Å². The average molecular weight is 340 g/mol. The van der Waals surface area contributed by atoms with E-state index in [4.69, 9.17) is 4.74 Å². The average Bonchev–Trinajstić information content (AvgIpc) is 3.29. The number of ether oxygens (including phenoxy) is 1. The number of hydrogen-bond acceptors (Lipinski definition) is 6. The molecule has 4 aromatic rings. The van der Waals surface area contributed by atoms with E-state index in [9.17, 15) is 0 Å². The predicted molar refractivity (Wildman–Crippen MR) is 93.1 cm³/mol. The largest absolute Gasteiger partial charge is 0.490 e. The zero-order valence-corrected chi connectivity index (χ0v) is 13.7. The second-order valence-corrected chi connectivity index (χ2v) is 6.63. The van der Waals surface area contributed by atoms with Gasteiger partial charge < -0.3 is 4.74 Å². The van der Waals surface area contributed by atoms with Crippen LogP contribution in [0, 0.1) is 0 Å². The lowest BCUT2D eigenvalue weighted by atomic mass is 10.2. The van der Waals surface area contributed by atoms with E-state index in [2.05, 4.69) is 21.9 Å². The number of aromatic nitrogens is 4. The second kappa shape index (κ2) is 5.94. The highest BCUT2D eigenvalue weighted by Crippen LogP contribution is 2.31. The number of hydrogen-bond donors (Lipinski definition) is 0. The highest BCUT2D eigenvalue weighted by Gasteiger charge is 2.15. The summed E-state index contributed by atoms with van der Waals surface area (Å²) in [4.78, 5) is 1.83. The Bertz CT molecular complexity index is 956. The van der Waals surface area contributed by atoms with Crippen molar-refractivity contribution in [2.45, 2.75) is 0 Å². The molecule has 0 fully saturated rings. The maximum absolute atomic E-state index is 5.58. The Kier molecular flexibility index (Phi) is 3.64. The molecule has 23 heavy (non-hydrogen) atoms. The summed E-state index contributed by atoms with van der Waals surface area (Å²) in [5.74, 6) is 1.57. The van der Waals surface area contributed by atoms with Gasteiger partial charge in [-0.2, -0.15) is 9.61 Å². The Morgan fingerprint density at radius 1 is 1.22 bits per heavy atom. The van der Waals surface area contributed by atoms with Crippen molar-refractivity contribution in [1.29, 1.82) is 0 Å². The fourth-order valence-corrected chi connectivity index (χ4v) is 3.70. The van der Waals surface area contributed by atoms with Gasteiger partial charge in [0.2, 0.25) is 4.96 Å². The van der Waals surface area contributed by atoms with Crippen LogP contribution in [0.15, 0.2) is 54.4 Å². The molecule has 3 heterocycles. The highest BCUT2D eigenvalue weighted by molar-refractivity contribution is 7.19. The number of nitrogens with zero attached hydrogens (tertiary/aromatic N) is 4. The van der Waals surface area contributed by atoms with Gasteiger partial charge in [-0.15, -0.1) is 21.5 Å². The van der Waals surface area contributed by atoms with Crippen molar-refractivity contribution in [3.05, 3.63) is 54.4 Å². The van der Waals surface area contributed by atoms with E-state index in [1.165, 1.54) is 11.3 Å². The van der Waals surface area contributed by atoms with Gasteiger partial charge in [0.05, 0.1) is 4.88 Å². The van der Waals surface area contributed by atoms with Gasteiger partial charge in [0.1, 0.15) is 17.4 Å². The summed E-state index contributed by atoms with van der Waals surface area (Å²) >= 11 is 3.13. The topological polar surface area (TPSA) is 52.3 Å². The van der Waals surface area contributed by atoms with Crippen LogP contribution in [0.3, 0.4) is 0 Å². The molecular formula is C16H12N4OS2. The predicted octanol–water partition coefficient (Wildman–Crippen LogP) is 4.15. The Balaban J connectivity index is 1.74. The van der Waals surface area contributed by atoms with Crippen molar-refractivity contribution in [1.82, 2.24) is 19.8 Å². The Morgan fingerprint density at radius 2 is 2.17 bits per heavy atom. The van der Waals surface area contributed by atoms with Crippen LogP contribution in [-0.4, -0.2) is 26.4 Å². The quantitative estimate of drug-likeness (QED) is 0.512. The molecular weight excluding hydrogens is 328 g/mol. The third kappa shape index (κ3) is 2.64. The standard InChI is InChI=1S/C16H12N4OS2/c1-2-8-21-12-6-3-5-11(10-12)15-19-20-14(13-7-4-9-22-13)17-18-16(20)23-15/h2-7,9-10H,1,8H2. The van der Waals surface area contributed by atoms with E-state index in [0.29, 0.717) is 6.61 Å². The van der Waals surface area contributed by atoms with Crippen LogP contribution in [-0.2, 0) is 0 Å². The van der Waals surface area contributed by atoms with E-state index < -0.39 is 0 Å². The molecule has 0 aliphatic carbocycles. The van der Waals surface area contributed by atoms with Crippen LogP contribution < -0.4 is 4.74 Å². The molecule has 0 saturated heterocycles. The molecule has 3 aromatic heterocycles. The molecule has 1 aromatic carbocycles. The molecule has 0 bridgehead atoms. The summed E-state index contributed by atoms with van der Waals surface area (Å²) in [7, 11) is 0. The molecule has 0 aliphatic heterocycles. The first-order chi connectivity index (χ1) is 11.3. The fourth-order valence-electron chi connectivity index (χ4n) is 2.17. The normalized spacial score (nSPS) is 11.0. The van der Waals surface area contributed by atoms with Crippen LogP contribution in [0.5, 0.6) is 5.75 Å². The minimum absolute atomic E-state index is 0.483. The van der Waals surface area contributed by atoms with Crippen molar-refractivity contribution >= 4 is 27.6 Å². The van der Waals surface area contributed by atoms with Gasteiger partial charge in [0.15, 0.2) is 5.82 Å². The number of fused-ring (bicyclic) bond motifs is 1. The lowest BCUT2D eigenvalue weighted by Gasteiger charge is -2.03. The van der Waals surface area contributed by atoms with E-state index in [1.54, 1.807) is 21.9 Å². The Hall–Kier alpha value is -2.51. The molecule has 5 nitrogen and oxygen atoms in total. The first-order valence-corrected chi connectivity index (χ1v) is 8.65. The minimum atomic E-state index is 0.483. The summed E-state index contributed by atoms with van der Waals surface area (Å²) in [6.07, 6.45) is 1.73. The van der Waals surface area contributed by atoms with E-state index in [-0.39, 0.29) is 0 Å². The molecule has 0 saturated carbocycles. The lowest BCUT2D eigenvalue weighted by Crippen LogP contribution is -1.93. The summed E-state index contributed by atoms with van der Waals surface area (Å²) in [5.41, 5.74) is 0.999. The smallest absolute Gasteiger partial charge is 0.235 e. The number of thiophene rings is 1. The molecule has 0 spiro atoms. The van der Waals surface area contributed by atoms with Crippen LogP contribution in [0.1, 0.15) is 0 Å². The fraction of sp³-hybridized carbons (Fsp3) is 0.0625. The Morgan fingerprint density at radius 3 is 3.00 bits per heavy atom. The summed E-state index contributed by atoms with van der Waals surface area (Å²) in [6, 6.07) is 11.9. The van der Waals surface area contributed by atoms with Crippen molar-refractivity contribution in [2.75, 3.05) is 6.61 Å². The SMILES string of the molecule is C=CCOc1cccc(-c2nn3c(-c4cccs4)nnc3s2)c1.